The average molecular weight is 313 g/mol. The van der Waals surface area contributed by atoms with Crippen LogP contribution in [-0.4, -0.2) is 29.5 Å². The first-order valence-electron chi connectivity index (χ1n) is 7.09. The molecular formula is C14H21ClN4O2. The zero-order valence-corrected chi connectivity index (χ0v) is 13.1. The van der Waals surface area contributed by atoms with Crippen LogP contribution in [0.3, 0.4) is 0 Å². The lowest BCUT2D eigenvalue weighted by Crippen LogP contribution is -2.45. The minimum atomic E-state index is -0.536. The third-order valence-electron chi connectivity index (χ3n) is 4.21. The van der Waals surface area contributed by atoms with E-state index in [0.29, 0.717) is 18.3 Å². The van der Waals surface area contributed by atoms with E-state index in [2.05, 4.69) is 22.2 Å². The van der Waals surface area contributed by atoms with Gasteiger partial charge in [0.05, 0.1) is 12.5 Å². The van der Waals surface area contributed by atoms with Crippen molar-refractivity contribution in [2.75, 3.05) is 19.0 Å². The number of hydrogen-bond donors (Lipinski definition) is 2. The van der Waals surface area contributed by atoms with Crippen LogP contribution in [0.2, 0.25) is 5.15 Å². The first-order valence-corrected chi connectivity index (χ1v) is 7.47. The van der Waals surface area contributed by atoms with Crippen molar-refractivity contribution in [2.45, 2.75) is 32.6 Å². The van der Waals surface area contributed by atoms with Gasteiger partial charge < -0.3 is 10.5 Å². The van der Waals surface area contributed by atoms with E-state index in [-0.39, 0.29) is 17.0 Å². The van der Waals surface area contributed by atoms with Crippen LogP contribution >= 0.6 is 11.6 Å². The molecule has 1 fully saturated rings. The molecule has 0 unspecified atom stereocenters. The molecule has 1 amide bonds. The van der Waals surface area contributed by atoms with E-state index in [1.54, 1.807) is 0 Å². The van der Waals surface area contributed by atoms with Crippen LogP contribution in [0.25, 0.3) is 0 Å². The molecule has 0 bridgehead atoms. The van der Waals surface area contributed by atoms with Gasteiger partial charge in [-0.05, 0) is 31.6 Å². The zero-order chi connectivity index (χ0) is 15.5. The predicted molar refractivity (Wildman–Crippen MR) is 81.3 cm³/mol. The maximum atomic E-state index is 12.6. The summed E-state index contributed by atoms with van der Waals surface area (Å²) in [5.74, 6) is 0.960. The Hall–Kier alpha value is -1.40. The maximum Gasteiger partial charge on any atom is 0.234 e. The Kier molecular flexibility index (Phi) is 5.00. The molecule has 0 aliphatic heterocycles. The molecule has 1 saturated carbocycles. The van der Waals surface area contributed by atoms with Crippen LogP contribution in [0.4, 0.5) is 5.95 Å². The molecule has 0 spiro atoms. The zero-order valence-electron chi connectivity index (χ0n) is 12.4. The molecule has 1 heterocycles. The van der Waals surface area contributed by atoms with Crippen molar-refractivity contribution < 1.29 is 9.53 Å². The summed E-state index contributed by atoms with van der Waals surface area (Å²) in [5.41, 5.74) is 5.34. The second kappa shape index (κ2) is 6.58. The second-order valence-electron chi connectivity index (χ2n) is 5.68. The van der Waals surface area contributed by atoms with Gasteiger partial charge in [0.15, 0.2) is 0 Å². The smallest absolute Gasteiger partial charge is 0.234 e. The molecule has 116 valence electrons. The molecule has 2 rings (SSSR count). The fraction of sp³-hybridized carbons (Fsp3) is 0.643. The average Bonchev–Trinajstić information content (AvgIpc) is 2.47. The number of carbonyl (C=O) groups is 1. The SMILES string of the molecule is COc1cc(Cl)nc(NC(=O)C2(CN)CCC(C)CC2)n1. The number of hydrogen-bond acceptors (Lipinski definition) is 5. The van der Waals surface area contributed by atoms with Crippen molar-refractivity contribution in [3.63, 3.8) is 0 Å². The summed E-state index contributed by atoms with van der Waals surface area (Å²) in [4.78, 5) is 20.7. The normalized spacial score (nSPS) is 25.4. The molecule has 3 N–H and O–H groups in total. The number of anilines is 1. The van der Waals surface area contributed by atoms with E-state index < -0.39 is 5.41 Å². The number of nitrogens with zero attached hydrogens (tertiary/aromatic N) is 2. The maximum absolute atomic E-state index is 12.6. The Bertz CT molecular complexity index is 516. The first kappa shape index (κ1) is 16.0. The number of nitrogens with two attached hydrogens (primary N) is 1. The molecule has 1 aliphatic rings. The molecule has 0 atom stereocenters. The molecule has 0 saturated heterocycles. The lowest BCUT2D eigenvalue weighted by Gasteiger charge is -2.36. The van der Waals surface area contributed by atoms with Crippen LogP contribution in [0.1, 0.15) is 32.6 Å². The van der Waals surface area contributed by atoms with E-state index >= 15 is 0 Å². The largest absolute Gasteiger partial charge is 0.481 e. The number of methoxy groups -OCH3 is 1. The fourth-order valence-electron chi connectivity index (χ4n) is 2.63. The van der Waals surface area contributed by atoms with Gasteiger partial charge in [-0.25, -0.2) is 4.98 Å². The monoisotopic (exact) mass is 312 g/mol. The quantitative estimate of drug-likeness (QED) is 0.832. The lowest BCUT2D eigenvalue weighted by molar-refractivity contribution is -0.127. The van der Waals surface area contributed by atoms with Gasteiger partial charge in [-0.1, -0.05) is 18.5 Å². The van der Waals surface area contributed by atoms with Gasteiger partial charge in [0.2, 0.25) is 17.7 Å². The highest BCUT2D eigenvalue weighted by molar-refractivity contribution is 6.29. The molecule has 21 heavy (non-hydrogen) atoms. The first-order chi connectivity index (χ1) is 9.99. The van der Waals surface area contributed by atoms with Crippen molar-refractivity contribution in [1.29, 1.82) is 0 Å². The third kappa shape index (κ3) is 3.63. The Morgan fingerprint density at radius 3 is 2.76 bits per heavy atom. The number of amides is 1. The number of rotatable bonds is 4. The van der Waals surface area contributed by atoms with Gasteiger partial charge in [0.1, 0.15) is 5.15 Å². The van der Waals surface area contributed by atoms with Crippen LogP contribution in [0, 0.1) is 11.3 Å². The van der Waals surface area contributed by atoms with Gasteiger partial charge in [-0.3, -0.25) is 10.1 Å². The van der Waals surface area contributed by atoms with E-state index in [4.69, 9.17) is 22.1 Å². The highest BCUT2D eigenvalue weighted by Gasteiger charge is 2.40. The highest BCUT2D eigenvalue weighted by atomic mass is 35.5. The summed E-state index contributed by atoms with van der Waals surface area (Å²) in [7, 11) is 1.48. The summed E-state index contributed by atoms with van der Waals surface area (Å²) in [5, 5.41) is 2.95. The van der Waals surface area contributed by atoms with Crippen LogP contribution in [0.5, 0.6) is 5.88 Å². The van der Waals surface area contributed by atoms with E-state index in [9.17, 15) is 4.79 Å². The Labute approximate surface area is 129 Å². The third-order valence-corrected chi connectivity index (χ3v) is 4.40. The van der Waals surface area contributed by atoms with Crippen molar-refractivity contribution >= 4 is 23.5 Å². The summed E-state index contributed by atoms with van der Waals surface area (Å²) in [6.07, 6.45) is 3.58. The van der Waals surface area contributed by atoms with Crippen molar-refractivity contribution in [1.82, 2.24) is 9.97 Å². The summed E-state index contributed by atoms with van der Waals surface area (Å²) in [6, 6.07) is 1.48. The van der Waals surface area contributed by atoms with Gasteiger partial charge in [-0.2, -0.15) is 4.98 Å². The summed E-state index contributed by atoms with van der Waals surface area (Å²) < 4.78 is 5.02. The minimum Gasteiger partial charge on any atom is -0.481 e. The van der Waals surface area contributed by atoms with Gasteiger partial charge >= 0.3 is 0 Å². The van der Waals surface area contributed by atoms with Gasteiger partial charge in [0.25, 0.3) is 0 Å². The van der Waals surface area contributed by atoms with Crippen LogP contribution in [-0.2, 0) is 4.79 Å². The number of halogens is 1. The topological polar surface area (TPSA) is 90.1 Å². The standard InChI is InChI=1S/C14H21ClN4O2/c1-9-3-5-14(8-16,6-4-9)12(20)19-13-17-10(15)7-11(18-13)21-2/h7,9H,3-6,8,16H2,1-2H3,(H,17,18,19,20). The Morgan fingerprint density at radius 2 is 2.19 bits per heavy atom. The molecular weight excluding hydrogens is 292 g/mol. The van der Waals surface area contributed by atoms with Crippen molar-refractivity contribution in [3.8, 4) is 5.88 Å². The Morgan fingerprint density at radius 1 is 1.52 bits per heavy atom. The van der Waals surface area contributed by atoms with Crippen LogP contribution < -0.4 is 15.8 Å². The molecule has 6 nitrogen and oxygen atoms in total. The second-order valence-corrected chi connectivity index (χ2v) is 6.06. The minimum absolute atomic E-state index is 0.138. The molecule has 1 aromatic heterocycles. The molecule has 0 aromatic carbocycles. The number of ether oxygens (including phenoxy) is 1. The van der Waals surface area contributed by atoms with Gasteiger partial charge in [0, 0.05) is 12.6 Å². The number of nitrogens with one attached hydrogen (secondary N) is 1. The summed E-state index contributed by atoms with van der Waals surface area (Å²) >= 11 is 5.88. The van der Waals surface area contributed by atoms with Crippen LogP contribution in [0.15, 0.2) is 6.07 Å². The lowest BCUT2D eigenvalue weighted by atomic mass is 9.70. The Balaban J connectivity index is 2.14. The van der Waals surface area contributed by atoms with Crippen molar-refractivity contribution in [3.05, 3.63) is 11.2 Å². The van der Waals surface area contributed by atoms with E-state index in [1.807, 2.05) is 0 Å². The predicted octanol–water partition coefficient (Wildman–Crippen LogP) is 2.23. The van der Waals surface area contributed by atoms with E-state index in [0.717, 1.165) is 25.7 Å². The number of aromatic nitrogens is 2. The molecule has 1 aliphatic carbocycles. The van der Waals surface area contributed by atoms with E-state index in [1.165, 1.54) is 13.2 Å². The van der Waals surface area contributed by atoms with Crippen molar-refractivity contribution in [2.24, 2.45) is 17.1 Å². The highest BCUT2D eigenvalue weighted by Crippen LogP contribution is 2.39. The molecule has 1 aromatic rings. The summed E-state index contributed by atoms with van der Waals surface area (Å²) in [6.45, 7) is 2.52. The fourth-order valence-corrected chi connectivity index (χ4v) is 2.80. The number of carbonyl (C=O) groups excluding carboxylic acids is 1. The molecule has 0 radical (unpaired) electrons. The molecule has 7 heteroatoms. The van der Waals surface area contributed by atoms with Gasteiger partial charge in [-0.15, -0.1) is 0 Å².